The Kier molecular flexibility index (Phi) is 5.41. The molecule has 1 aliphatic rings. The van der Waals surface area contributed by atoms with Gasteiger partial charge < -0.3 is 15.0 Å². The summed E-state index contributed by atoms with van der Waals surface area (Å²) >= 11 is 0.424. The number of nitrogens with one attached hydrogen (secondary N) is 1. The van der Waals surface area contributed by atoms with Crippen LogP contribution in [0.5, 0.6) is 0 Å². The number of para-hydroxylation sites is 1. The molecule has 7 heteroatoms. The molecule has 0 aliphatic carbocycles. The Morgan fingerprint density at radius 2 is 1.95 bits per heavy atom. The van der Waals surface area contributed by atoms with Gasteiger partial charge in [0.2, 0.25) is 0 Å². The normalized spacial score (nSPS) is 22.4. The molecule has 2 atom stereocenters. The maximum Gasteiger partial charge on any atom is 0.322 e. The number of carbonyl (C=O) groups excluding carboxylic acids is 1. The maximum absolute atomic E-state index is 12.5. The van der Waals surface area contributed by atoms with Gasteiger partial charge in [-0.25, -0.2) is 4.79 Å². The Labute approximate surface area is 126 Å². The first-order valence-electron chi connectivity index (χ1n) is 6.71. The van der Waals surface area contributed by atoms with Crippen molar-refractivity contribution in [1.82, 2.24) is 4.90 Å². The number of hydrogen-bond acceptors (Lipinski definition) is 3. The molecule has 1 aliphatic heterocycles. The number of rotatable bonds is 3. The number of halogens is 2. The fourth-order valence-electron chi connectivity index (χ4n) is 2.31. The van der Waals surface area contributed by atoms with Crippen molar-refractivity contribution in [2.45, 2.75) is 36.7 Å². The molecular formula is C14H18F2N2O2S. The smallest absolute Gasteiger partial charge is 0.322 e. The van der Waals surface area contributed by atoms with Crippen LogP contribution in [0.15, 0.2) is 29.2 Å². The molecule has 2 rings (SSSR count). The molecule has 2 amide bonds. The van der Waals surface area contributed by atoms with Gasteiger partial charge >= 0.3 is 6.03 Å². The van der Waals surface area contributed by atoms with Crippen molar-refractivity contribution in [2.24, 2.45) is 0 Å². The van der Waals surface area contributed by atoms with E-state index in [-0.39, 0.29) is 18.2 Å². The Bertz CT molecular complexity index is 492. The van der Waals surface area contributed by atoms with Gasteiger partial charge in [-0.1, -0.05) is 23.9 Å². The van der Waals surface area contributed by atoms with Crippen molar-refractivity contribution in [3.8, 4) is 0 Å². The van der Waals surface area contributed by atoms with Crippen LogP contribution < -0.4 is 5.32 Å². The van der Waals surface area contributed by atoms with Crippen molar-refractivity contribution >= 4 is 23.5 Å². The molecule has 1 saturated heterocycles. The average Bonchev–Trinajstić information content (AvgIpc) is 2.39. The second kappa shape index (κ2) is 7.09. The standard InChI is InChI=1S/C14H18F2N2O2S/c1-9-7-18(8-10(2)20-9)14(19)17-11-5-3-4-6-12(11)21-13(15)16/h3-6,9-10,13H,7-8H2,1-2H3,(H,17,19). The molecule has 1 N–H and O–H groups in total. The molecule has 0 saturated carbocycles. The lowest BCUT2D eigenvalue weighted by Crippen LogP contribution is -2.49. The average molecular weight is 316 g/mol. The number of thioether (sulfide) groups is 1. The van der Waals surface area contributed by atoms with Crippen LogP contribution in [0.3, 0.4) is 0 Å². The van der Waals surface area contributed by atoms with E-state index in [2.05, 4.69) is 5.32 Å². The Hall–Kier alpha value is -1.34. The maximum atomic E-state index is 12.5. The third-order valence-electron chi connectivity index (χ3n) is 3.05. The van der Waals surface area contributed by atoms with Crippen LogP contribution in [-0.2, 0) is 4.74 Å². The van der Waals surface area contributed by atoms with Gasteiger partial charge in [0.25, 0.3) is 5.76 Å². The lowest BCUT2D eigenvalue weighted by atomic mass is 10.2. The summed E-state index contributed by atoms with van der Waals surface area (Å²) in [5, 5.41) is 2.70. The molecule has 1 fully saturated rings. The summed E-state index contributed by atoms with van der Waals surface area (Å²) in [4.78, 5) is 14.3. The summed E-state index contributed by atoms with van der Waals surface area (Å²) < 4.78 is 30.6. The van der Waals surface area contributed by atoms with Gasteiger partial charge in [0.05, 0.1) is 17.9 Å². The third-order valence-corrected chi connectivity index (χ3v) is 3.84. The predicted molar refractivity (Wildman–Crippen MR) is 78.9 cm³/mol. The van der Waals surface area contributed by atoms with E-state index in [0.717, 1.165) is 0 Å². The molecule has 0 radical (unpaired) electrons. The summed E-state index contributed by atoms with van der Waals surface area (Å²) in [5.41, 5.74) is 0.402. The Morgan fingerprint density at radius 1 is 1.33 bits per heavy atom. The van der Waals surface area contributed by atoms with E-state index in [1.165, 1.54) is 0 Å². The lowest BCUT2D eigenvalue weighted by Gasteiger charge is -2.35. The fraction of sp³-hybridized carbons (Fsp3) is 0.500. The molecule has 21 heavy (non-hydrogen) atoms. The van der Waals surface area contributed by atoms with Crippen molar-refractivity contribution < 1.29 is 18.3 Å². The second-order valence-electron chi connectivity index (χ2n) is 4.97. The molecule has 0 bridgehead atoms. The number of hydrogen-bond donors (Lipinski definition) is 1. The summed E-state index contributed by atoms with van der Waals surface area (Å²) in [6, 6.07) is 6.27. The molecule has 1 aromatic rings. The molecule has 116 valence electrons. The quantitative estimate of drug-likeness (QED) is 0.866. The highest BCUT2D eigenvalue weighted by molar-refractivity contribution is 7.99. The molecule has 2 unspecified atom stereocenters. The summed E-state index contributed by atoms with van der Waals surface area (Å²) in [7, 11) is 0. The molecule has 1 heterocycles. The molecule has 0 spiro atoms. The first kappa shape index (κ1) is 16.0. The van der Waals surface area contributed by atoms with Crippen molar-refractivity contribution in [1.29, 1.82) is 0 Å². The van der Waals surface area contributed by atoms with E-state index < -0.39 is 5.76 Å². The van der Waals surface area contributed by atoms with Gasteiger partial charge in [-0.2, -0.15) is 8.78 Å². The Balaban J connectivity index is 2.05. The predicted octanol–water partition coefficient (Wildman–Crippen LogP) is 3.64. The van der Waals surface area contributed by atoms with E-state index in [0.29, 0.717) is 35.4 Å². The van der Waals surface area contributed by atoms with Crippen molar-refractivity contribution in [2.75, 3.05) is 18.4 Å². The van der Waals surface area contributed by atoms with Gasteiger partial charge in [-0.15, -0.1) is 0 Å². The number of carbonyl (C=O) groups is 1. The fourth-order valence-corrected chi connectivity index (χ4v) is 2.90. The number of amides is 2. The molecule has 1 aromatic carbocycles. The van der Waals surface area contributed by atoms with Crippen LogP contribution >= 0.6 is 11.8 Å². The zero-order valence-electron chi connectivity index (χ0n) is 11.9. The topological polar surface area (TPSA) is 41.6 Å². The number of benzene rings is 1. The minimum absolute atomic E-state index is 0.0369. The molecular weight excluding hydrogens is 298 g/mol. The zero-order valence-corrected chi connectivity index (χ0v) is 12.7. The highest BCUT2D eigenvalue weighted by atomic mass is 32.2. The highest BCUT2D eigenvalue weighted by Gasteiger charge is 2.26. The van der Waals surface area contributed by atoms with Crippen LogP contribution in [0.2, 0.25) is 0 Å². The van der Waals surface area contributed by atoms with E-state index in [4.69, 9.17) is 4.74 Å². The number of ether oxygens (including phenoxy) is 1. The number of urea groups is 1. The van der Waals surface area contributed by atoms with Crippen molar-refractivity contribution in [3.63, 3.8) is 0 Å². The van der Waals surface area contributed by atoms with Crippen LogP contribution in [0.1, 0.15) is 13.8 Å². The van der Waals surface area contributed by atoms with Crippen molar-refractivity contribution in [3.05, 3.63) is 24.3 Å². The molecule has 0 aromatic heterocycles. The van der Waals surface area contributed by atoms with Gasteiger partial charge in [-0.05, 0) is 26.0 Å². The number of anilines is 1. The second-order valence-corrected chi connectivity index (χ2v) is 6.00. The van der Waals surface area contributed by atoms with Crippen LogP contribution in [0.25, 0.3) is 0 Å². The largest absolute Gasteiger partial charge is 0.372 e. The first-order valence-corrected chi connectivity index (χ1v) is 7.59. The number of alkyl halides is 2. The summed E-state index contributed by atoms with van der Waals surface area (Å²) in [6.45, 7) is 4.77. The van der Waals surface area contributed by atoms with Gasteiger partial charge in [0.1, 0.15) is 0 Å². The first-order chi connectivity index (χ1) is 9.95. The van der Waals surface area contributed by atoms with Crippen LogP contribution in [0, 0.1) is 0 Å². The Morgan fingerprint density at radius 3 is 2.57 bits per heavy atom. The minimum Gasteiger partial charge on any atom is -0.372 e. The van der Waals surface area contributed by atoms with Crippen LogP contribution in [0.4, 0.5) is 19.3 Å². The van der Waals surface area contributed by atoms with Gasteiger partial charge in [-0.3, -0.25) is 0 Å². The van der Waals surface area contributed by atoms with Gasteiger partial charge in [0.15, 0.2) is 0 Å². The van der Waals surface area contributed by atoms with E-state index in [9.17, 15) is 13.6 Å². The SMILES string of the molecule is CC1CN(C(=O)Nc2ccccc2SC(F)F)CC(C)O1. The van der Waals surface area contributed by atoms with E-state index >= 15 is 0 Å². The monoisotopic (exact) mass is 316 g/mol. The van der Waals surface area contributed by atoms with E-state index in [1.54, 1.807) is 29.2 Å². The number of nitrogens with zero attached hydrogens (tertiary/aromatic N) is 1. The third kappa shape index (κ3) is 4.57. The lowest BCUT2D eigenvalue weighted by molar-refractivity contribution is -0.0530. The minimum atomic E-state index is -2.52. The highest BCUT2D eigenvalue weighted by Crippen LogP contribution is 2.31. The van der Waals surface area contributed by atoms with Crippen LogP contribution in [-0.4, -0.2) is 42.0 Å². The molecule has 4 nitrogen and oxygen atoms in total. The summed E-state index contributed by atoms with van der Waals surface area (Å²) in [5.74, 6) is -2.52. The van der Waals surface area contributed by atoms with E-state index in [1.807, 2.05) is 13.8 Å². The van der Waals surface area contributed by atoms with Gasteiger partial charge in [0, 0.05) is 18.0 Å². The number of morpholine rings is 1. The summed E-state index contributed by atoms with van der Waals surface area (Å²) in [6.07, 6.45) is -0.0737. The zero-order chi connectivity index (χ0) is 15.4.